The molecule has 0 saturated carbocycles. The fraction of sp³-hybridized carbons (Fsp3) is 0. The molecule has 44 heavy (non-hydrogen) atoms. The Labute approximate surface area is 259 Å². The average Bonchev–Trinajstić information content (AvgIpc) is 3.48. The van der Waals surface area contributed by atoms with Gasteiger partial charge >= 0.3 is 0 Å². The highest BCUT2D eigenvalue weighted by Crippen LogP contribution is 2.45. The third kappa shape index (κ3) is 3.92. The van der Waals surface area contributed by atoms with Crippen LogP contribution in [0.4, 0.5) is 17.1 Å². The molecule has 9 rings (SSSR count). The summed E-state index contributed by atoms with van der Waals surface area (Å²) in [4.78, 5) is 2.40. The third-order valence-corrected chi connectivity index (χ3v) is 9.98. The molecule has 0 aliphatic carbocycles. The topological polar surface area (TPSA) is 3.24 Å². The Bertz CT molecular complexity index is 2490. The first-order chi connectivity index (χ1) is 21.8. The lowest BCUT2D eigenvalue weighted by Crippen LogP contribution is -2.10. The molecule has 0 amide bonds. The summed E-state index contributed by atoms with van der Waals surface area (Å²) in [5.74, 6) is 0. The van der Waals surface area contributed by atoms with Crippen molar-refractivity contribution in [2.75, 3.05) is 4.90 Å². The molecule has 1 nitrogen and oxygen atoms in total. The van der Waals surface area contributed by atoms with Crippen molar-refractivity contribution in [3.8, 4) is 11.1 Å². The van der Waals surface area contributed by atoms with Crippen LogP contribution in [-0.4, -0.2) is 0 Å². The molecule has 9 aromatic rings. The Balaban J connectivity index is 1.25. The van der Waals surface area contributed by atoms with Crippen molar-refractivity contribution in [2.24, 2.45) is 0 Å². The standard InChI is InChI=1S/C42H27NS/c1-2-12-30(13-3-1)43(39-18-10-20-41-42(39)36-17-8-9-19-40(36)44-41)31-24-21-29(22-25-31)37-27-38-32-14-5-4-11-28(32)23-26-35(38)33-15-6-7-16-34(33)37/h1-27H. The maximum absolute atomic E-state index is 2.40. The van der Waals surface area contributed by atoms with Gasteiger partial charge in [0.25, 0.3) is 0 Å². The van der Waals surface area contributed by atoms with Crippen LogP contribution in [0.1, 0.15) is 0 Å². The summed E-state index contributed by atoms with van der Waals surface area (Å²) < 4.78 is 2.62. The van der Waals surface area contributed by atoms with Gasteiger partial charge in [0.2, 0.25) is 0 Å². The van der Waals surface area contributed by atoms with Crippen molar-refractivity contribution in [1.29, 1.82) is 0 Å². The molecular formula is C42H27NS. The molecule has 0 radical (unpaired) electrons. The van der Waals surface area contributed by atoms with E-state index in [-0.39, 0.29) is 0 Å². The Morgan fingerprint density at radius 3 is 1.86 bits per heavy atom. The van der Waals surface area contributed by atoms with E-state index in [0.29, 0.717) is 0 Å². The number of benzene rings is 8. The number of para-hydroxylation sites is 1. The number of anilines is 3. The fourth-order valence-electron chi connectivity index (χ4n) is 6.84. The summed E-state index contributed by atoms with van der Waals surface area (Å²) in [6, 6.07) is 59.7. The van der Waals surface area contributed by atoms with E-state index in [4.69, 9.17) is 0 Å². The van der Waals surface area contributed by atoms with E-state index < -0.39 is 0 Å². The smallest absolute Gasteiger partial charge is 0.0554 e. The lowest BCUT2D eigenvalue weighted by molar-refractivity contribution is 1.30. The first-order valence-electron chi connectivity index (χ1n) is 15.0. The molecule has 0 bridgehead atoms. The van der Waals surface area contributed by atoms with Gasteiger partial charge in [-0.05, 0) is 92.0 Å². The van der Waals surface area contributed by atoms with Crippen molar-refractivity contribution in [3.63, 3.8) is 0 Å². The highest BCUT2D eigenvalue weighted by atomic mass is 32.1. The van der Waals surface area contributed by atoms with Gasteiger partial charge in [0.05, 0.1) is 5.69 Å². The number of hydrogen-bond acceptors (Lipinski definition) is 2. The molecule has 1 aromatic heterocycles. The van der Waals surface area contributed by atoms with Crippen LogP contribution in [0.5, 0.6) is 0 Å². The highest BCUT2D eigenvalue weighted by molar-refractivity contribution is 7.26. The lowest BCUT2D eigenvalue weighted by atomic mass is 9.91. The molecule has 8 aromatic carbocycles. The number of thiophene rings is 1. The SMILES string of the molecule is c1ccc(N(c2ccc(-c3cc4c5ccccc5ccc4c4ccccc34)cc2)c2cccc3sc4ccccc4c23)cc1. The van der Waals surface area contributed by atoms with Gasteiger partial charge in [-0.15, -0.1) is 11.3 Å². The van der Waals surface area contributed by atoms with Gasteiger partial charge in [-0.2, -0.15) is 0 Å². The first-order valence-corrected chi connectivity index (χ1v) is 15.8. The molecule has 0 unspecified atom stereocenters. The second-order valence-corrected chi connectivity index (χ2v) is 12.4. The predicted octanol–water partition coefficient (Wildman–Crippen LogP) is 12.7. The molecule has 0 aliphatic heterocycles. The molecule has 0 fully saturated rings. The van der Waals surface area contributed by atoms with Crippen LogP contribution in [0.15, 0.2) is 164 Å². The summed E-state index contributed by atoms with van der Waals surface area (Å²) in [6.45, 7) is 0. The second kappa shape index (κ2) is 10.1. The summed E-state index contributed by atoms with van der Waals surface area (Å²) in [7, 11) is 0. The van der Waals surface area contributed by atoms with Crippen LogP contribution < -0.4 is 4.90 Å². The third-order valence-electron chi connectivity index (χ3n) is 8.84. The fourth-order valence-corrected chi connectivity index (χ4v) is 7.96. The normalized spacial score (nSPS) is 11.6. The number of hydrogen-bond donors (Lipinski definition) is 0. The Morgan fingerprint density at radius 2 is 1.02 bits per heavy atom. The molecule has 0 aliphatic rings. The largest absolute Gasteiger partial charge is 0.310 e. The predicted molar refractivity (Wildman–Crippen MR) is 192 cm³/mol. The van der Waals surface area contributed by atoms with Crippen LogP contribution in [0.2, 0.25) is 0 Å². The highest BCUT2D eigenvalue weighted by Gasteiger charge is 2.18. The minimum Gasteiger partial charge on any atom is -0.310 e. The van der Waals surface area contributed by atoms with Crippen molar-refractivity contribution in [1.82, 2.24) is 0 Å². The molecule has 0 saturated heterocycles. The monoisotopic (exact) mass is 577 g/mol. The Morgan fingerprint density at radius 1 is 0.386 bits per heavy atom. The quantitative estimate of drug-likeness (QED) is 0.188. The van der Waals surface area contributed by atoms with Gasteiger partial charge in [-0.25, -0.2) is 0 Å². The van der Waals surface area contributed by atoms with E-state index in [1.807, 2.05) is 11.3 Å². The van der Waals surface area contributed by atoms with E-state index in [1.165, 1.54) is 69.3 Å². The van der Waals surface area contributed by atoms with Crippen LogP contribution in [-0.2, 0) is 0 Å². The maximum Gasteiger partial charge on any atom is 0.0554 e. The number of rotatable bonds is 4. The molecule has 0 spiro atoms. The van der Waals surface area contributed by atoms with Gasteiger partial charge in [0.1, 0.15) is 0 Å². The minimum absolute atomic E-state index is 1.14. The van der Waals surface area contributed by atoms with Crippen molar-refractivity contribution >= 4 is 80.9 Å². The molecular weight excluding hydrogens is 551 g/mol. The minimum atomic E-state index is 1.14. The van der Waals surface area contributed by atoms with Gasteiger partial charge in [-0.1, -0.05) is 115 Å². The summed E-state index contributed by atoms with van der Waals surface area (Å²) in [6.07, 6.45) is 0. The van der Waals surface area contributed by atoms with Gasteiger partial charge in [-0.3, -0.25) is 0 Å². The first kappa shape index (κ1) is 25.1. The Kier molecular flexibility index (Phi) is 5.75. The van der Waals surface area contributed by atoms with Crippen molar-refractivity contribution in [2.45, 2.75) is 0 Å². The summed E-state index contributed by atoms with van der Waals surface area (Å²) in [5, 5.41) is 10.3. The zero-order chi connectivity index (χ0) is 29.0. The van der Waals surface area contributed by atoms with Gasteiger partial charge in [0, 0.05) is 31.5 Å². The lowest BCUT2D eigenvalue weighted by Gasteiger charge is -2.26. The van der Waals surface area contributed by atoms with E-state index in [9.17, 15) is 0 Å². The van der Waals surface area contributed by atoms with Crippen molar-refractivity contribution < 1.29 is 0 Å². The van der Waals surface area contributed by atoms with E-state index >= 15 is 0 Å². The molecule has 0 atom stereocenters. The Hall–Kier alpha value is -5.44. The van der Waals surface area contributed by atoms with Crippen LogP contribution in [0.25, 0.3) is 63.6 Å². The van der Waals surface area contributed by atoms with Gasteiger partial charge < -0.3 is 4.90 Å². The summed E-state index contributed by atoms with van der Waals surface area (Å²) in [5.41, 5.74) is 5.95. The maximum atomic E-state index is 2.40. The van der Waals surface area contributed by atoms with E-state index in [0.717, 1.165) is 11.4 Å². The number of nitrogens with zero attached hydrogens (tertiary/aromatic N) is 1. The van der Waals surface area contributed by atoms with E-state index in [1.54, 1.807) is 0 Å². The van der Waals surface area contributed by atoms with Crippen molar-refractivity contribution in [3.05, 3.63) is 164 Å². The number of fused-ring (bicyclic) bond motifs is 8. The molecule has 0 N–H and O–H groups in total. The second-order valence-electron chi connectivity index (χ2n) is 11.3. The zero-order valence-electron chi connectivity index (χ0n) is 23.9. The molecule has 206 valence electrons. The summed E-state index contributed by atoms with van der Waals surface area (Å²) >= 11 is 1.86. The molecule has 1 heterocycles. The van der Waals surface area contributed by atoms with Crippen LogP contribution in [0, 0.1) is 0 Å². The van der Waals surface area contributed by atoms with E-state index in [2.05, 4.69) is 169 Å². The van der Waals surface area contributed by atoms with Crippen LogP contribution in [0.3, 0.4) is 0 Å². The average molecular weight is 578 g/mol. The van der Waals surface area contributed by atoms with Gasteiger partial charge in [0.15, 0.2) is 0 Å². The molecule has 2 heteroatoms. The zero-order valence-corrected chi connectivity index (χ0v) is 24.8. The van der Waals surface area contributed by atoms with Crippen LogP contribution >= 0.6 is 11.3 Å².